The summed E-state index contributed by atoms with van der Waals surface area (Å²) < 4.78 is 2.17. The predicted octanol–water partition coefficient (Wildman–Crippen LogP) is 3.59. The minimum absolute atomic E-state index is 0. The Kier molecular flexibility index (Phi) is 8.19. The zero-order chi connectivity index (χ0) is 16.4. The van der Waals surface area contributed by atoms with Crippen LogP contribution in [0.15, 0.2) is 24.3 Å². The number of rotatable bonds is 4. The van der Waals surface area contributed by atoms with Gasteiger partial charge in [-0.1, -0.05) is 18.6 Å². The minimum Gasteiger partial charge on any atom is -0.346 e. The van der Waals surface area contributed by atoms with Crippen LogP contribution in [0, 0.1) is 5.92 Å². The van der Waals surface area contributed by atoms with Gasteiger partial charge in [0, 0.05) is 18.5 Å². The van der Waals surface area contributed by atoms with E-state index in [0.717, 1.165) is 49.1 Å². The number of imidazole rings is 1. The smallest absolute Gasteiger partial charge is 0.223 e. The van der Waals surface area contributed by atoms with E-state index >= 15 is 0 Å². The first kappa shape index (κ1) is 21.7. The quantitative estimate of drug-likeness (QED) is 0.842. The normalized spacial score (nSPS) is 21.1. The van der Waals surface area contributed by atoms with Crippen molar-refractivity contribution in [2.24, 2.45) is 11.7 Å². The summed E-state index contributed by atoms with van der Waals surface area (Å²) in [4.78, 5) is 17.3. The number of benzene rings is 1. The molecule has 1 aromatic heterocycles. The monoisotopic (exact) mass is 386 g/mol. The summed E-state index contributed by atoms with van der Waals surface area (Å²) in [7, 11) is 0. The van der Waals surface area contributed by atoms with E-state index in [4.69, 9.17) is 10.7 Å². The molecule has 25 heavy (non-hydrogen) atoms. The number of hydrogen-bond acceptors (Lipinski definition) is 3. The fourth-order valence-electron chi connectivity index (χ4n) is 3.62. The molecule has 5 nitrogen and oxygen atoms in total. The molecule has 3 N–H and O–H groups in total. The van der Waals surface area contributed by atoms with Crippen molar-refractivity contribution < 1.29 is 4.79 Å². The van der Waals surface area contributed by atoms with Crippen LogP contribution in [0.25, 0.3) is 11.0 Å². The fourth-order valence-corrected chi connectivity index (χ4v) is 3.62. The van der Waals surface area contributed by atoms with Crippen molar-refractivity contribution in [2.45, 2.75) is 58.2 Å². The molecule has 0 spiro atoms. The van der Waals surface area contributed by atoms with Crippen molar-refractivity contribution in [3.05, 3.63) is 30.1 Å². The van der Waals surface area contributed by atoms with E-state index in [9.17, 15) is 4.79 Å². The number of nitrogens with one attached hydrogen (secondary N) is 1. The Morgan fingerprint density at radius 2 is 2.08 bits per heavy atom. The Morgan fingerprint density at radius 1 is 1.36 bits per heavy atom. The lowest BCUT2D eigenvalue weighted by atomic mass is 9.85. The summed E-state index contributed by atoms with van der Waals surface area (Å²) in [6.07, 6.45) is 3.81. The molecule has 2 aromatic rings. The lowest BCUT2D eigenvalue weighted by Crippen LogP contribution is -2.39. The summed E-state index contributed by atoms with van der Waals surface area (Å²) >= 11 is 0. The van der Waals surface area contributed by atoms with Gasteiger partial charge in [-0.15, -0.1) is 24.8 Å². The summed E-state index contributed by atoms with van der Waals surface area (Å²) in [5.74, 6) is 1.07. The van der Waals surface area contributed by atoms with Crippen molar-refractivity contribution in [1.29, 1.82) is 0 Å². The highest BCUT2D eigenvalue weighted by Crippen LogP contribution is 2.25. The predicted molar refractivity (Wildman–Crippen MR) is 106 cm³/mol. The van der Waals surface area contributed by atoms with E-state index in [-0.39, 0.29) is 48.7 Å². The first-order valence-electron chi connectivity index (χ1n) is 8.61. The number of carbonyl (C=O) groups is 1. The highest BCUT2D eigenvalue weighted by molar-refractivity contribution is 5.85. The van der Waals surface area contributed by atoms with Crippen LogP contribution in [0.1, 0.15) is 51.4 Å². The van der Waals surface area contributed by atoms with Gasteiger partial charge in [0.15, 0.2) is 0 Å². The molecule has 3 atom stereocenters. The lowest BCUT2D eigenvalue weighted by Gasteiger charge is -2.27. The number of nitrogens with two attached hydrogens (primary N) is 1. The number of hydrogen-bond donors (Lipinski definition) is 2. The van der Waals surface area contributed by atoms with Crippen LogP contribution in [-0.4, -0.2) is 21.5 Å². The highest BCUT2D eigenvalue weighted by atomic mass is 35.5. The maximum atomic E-state index is 12.5. The average molecular weight is 387 g/mol. The Morgan fingerprint density at radius 3 is 2.76 bits per heavy atom. The molecule has 0 bridgehead atoms. The maximum Gasteiger partial charge on any atom is 0.223 e. The Hall–Kier alpha value is -1.30. The molecule has 1 heterocycles. The van der Waals surface area contributed by atoms with Crippen LogP contribution < -0.4 is 11.1 Å². The summed E-state index contributed by atoms with van der Waals surface area (Å²) in [6, 6.07) is 8.16. The molecule has 1 aliphatic carbocycles. The van der Waals surface area contributed by atoms with Crippen molar-refractivity contribution in [3.8, 4) is 0 Å². The van der Waals surface area contributed by atoms with Gasteiger partial charge in [0.05, 0.1) is 17.1 Å². The maximum absolute atomic E-state index is 12.5. The van der Waals surface area contributed by atoms with Crippen molar-refractivity contribution in [2.75, 3.05) is 0 Å². The number of carbonyl (C=O) groups excluding carboxylic acids is 1. The van der Waals surface area contributed by atoms with Gasteiger partial charge in [-0.2, -0.15) is 0 Å². The number of amides is 1. The molecule has 1 aromatic carbocycles. The van der Waals surface area contributed by atoms with Gasteiger partial charge in [-0.05, 0) is 45.2 Å². The van der Waals surface area contributed by atoms with Gasteiger partial charge in [0.1, 0.15) is 5.82 Å². The molecule has 140 valence electrons. The molecular formula is C18H28Cl2N4O. The van der Waals surface area contributed by atoms with Crippen molar-refractivity contribution in [3.63, 3.8) is 0 Å². The van der Waals surface area contributed by atoms with Gasteiger partial charge in [0.25, 0.3) is 0 Å². The molecule has 1 saturated carbocycles. The van der Waals surface area contributed by atoms with Gasteiger partial charge in [-0.3, -0.25) is 4.79 Å². The van der Waals surface area contributed by atoms with E-state index in [1.165, 1.54) is 0 Å². The number of halogens is 2. The molecule has 0 saturated heterocycles. The molecule has 1 aliphatic rings. The summed E-state index contributed by atoms with van der Waals surface area (Å²) in [6.45, 7) is 4.95. The number of fused-ring (bicyclic) bond motifs is 1. The standard InChI is InChI=1S/C18H26N4O.2ClH/c1-3-22-16-10-5-4-9-15(16)21-17(22)12(2)20-18(23)13-7-6-8-14(19)11-13;;/h4-5,9-10,12-14H,3,6-8,11,19H2,1-2H3,(H,20,23);2*1H. The Labute approximate surface area is 161 Å². The van der Waals surface area contributed by atoms with E-state index in [1.807, 2.05) is 25.1 Å². The second-order valence-electron chi connectivity index (χ2n) is 6.56. The van der Waals surface area contributed by atoms with Crippen LogP contribution in [-0.2, 0) is 11.3 Å². The van der Waals surface area contributed by atoms with Crippen LogP contribution in [0.5, 0.6) is 0 Å². The second kappa shape index (κ2) is 9.41. The third-order valence-corrected chi connectivity index (χ3v) is 4.83. The highest BCUT2D eigenvalue weighted by Gasteiger charge is 2.27. The lowest BCUT2D eigenvalue weighted by molar-refractivity contribution is -0.126. The second-order valence-corrected chi connectivity index (χ2v) is 6.56. The van der Waals surface area contributed by atoms with Crippen LogP contribution >= 0.6 is 24.8 Å². The van der Waals surface area contributed by atoms with E-state index in [1.54, 1.807) is 0 Å². The molecular weight excluding hydrogens is 359 g/mol. The summed E-state index contributed by atoms with van der Waals surface area (Å²) in [5.41, 5.74) is 8.10. The fraction of sp³-hybridized carbons (Fsp3) is 0.556. The van der Waals surface area contributed by atoms with Crippen molar-refractivity contribution >= 4 is 41.8 Å². The molecule has 1 fully saturated rings. The molecule has 1 amide bonds. The number of para-hydroxylation sites is 2. The Bertz CT molecular complexity index is 703. The molecule has 3 rings (SSSR count). The zero-order valence-corrected chi connectivity index (χ0v) is 16.4. The van der Waals surface area contributed by atoms with E-state index < -0.39 is 0 Å². The van der Waals surface area contributed by atoms with Gasteiger partial charge < -0.3 is 15.6 Å². The van der Waals surface area contributed by atoms with Gasteiger partial charge in [-0.25, -0.2) is 4.98 Å². The van der Waals surface area contributed by atoms with Gasteiger partial charge >= 0.3 is 0 Å². The third kappa shape index (κ3) is 4.66. The van der Waals surface area contributed by atoms with Crippen LogP contribution in [0.3, 0.4) is 0 Å². The molecule has 3 unspecified atom stereocenters. The zero-order valence-electron chi connectivity index (χ0n) is 14.8. The molecule has 0 aliphatic heterocycles. The van der Waals surface area contributed by atoms with Gasteiger partial charge in [0.2, 0.25) is 5.91 Å². The topological polar surface area (TPSA) is 72.9 Å². The number of aryl methyl sites for hydroxylation is 1. The van der Waals surface area contributed by atoms with E-state index in [2.05, 4.69) is 22.9 Å². The first-order chi connectivity index (χ1) is 11.1. The minimum atomic E-state index is -0.104. The SMILES string of the molecule is CCn1c(C(C)NC(=O)C2CCCC(N)C2)nc2ccccc21.Cl.Cl. The van der Waals surface area contributed by atoms with Crippen molar-refractivity contribution in [1.82, 2.24) is 14.9 Å². The van der Waals surface area contributed by atoms with Crippen LogP contribution in [0.2, 0.25) is 0 Å². The summed E-state index contributed by atoms with van der Waals surface area (Å²) in [5, 5.41) is 3.14. The largest absolute Gasteiger partial charge is 0.346 e. The Balaban J connectivity index is 0.00000156. The number of aromatic nitrogens is 2. The first-order valence-corrected chi connectivity index (χ1v) is 8.61. The molecule has 7 heteroatoms. The van der Waals surface area contributed by atoms with E-state index in [0.29, 0.717) is 0 Å². The molecule has 0 radical (unpaired) electrons. The van der Waals surface area contributed by atoms with Crippen LogP contribution in [0.4, 0.5) is 0 Å². The number of nitrogens with zero attached hydrogens (tertiary/aromatic N) is 2. The average Bonchev–Trinajstić information content (AvgIpc) is 2.93. The third-order valence-electron chi connectivity index (χ3n) is 4.83.